The fourth-order valence-corrected chi connectivity index (χ4v) is 3.52. The van der Waals surface area contributed by atoms with Gasteiger partial charge in [-0.2, -0.15) is 4.31 Å². The summed E-state index contributed by atoms with van der Waals surface area (Å²) in [4.78, 5) is 12.1. The van der Waals surface area contributed by atoms with Crippen LogP contribution in [0.15, 0.2) is 29.2 Å². The smallest absolute Gasteiger partial charge is 0.247 e. The topological polar surface area (TPSA) is 75.7 Å². The predicted molar refractivity (Wildman–Crippen MR) is 85.3 cm³/mol. The molecule has 0 aliphatic carbocycles. The largest absolute Gasteiger partial charge is 0.495 e. The van der Waals surface area contributed by atoms with E-state index in [0.717, 1.165) is 4.31 Å². The minimum Gasteiger partial charge on any atom is -0.495 e. The second-order valence-electron chi connectivity index (χ2n) is 5.88. The lowest BCUT2D eigenvalue weighted by Crippen LogP contribution is -2.47. The van der Waals surface area contributed by atoms with Gasteiger partial charge < -0.3 is 10.1 Å². The van der Waals surface area contributed by atoms with Crippen molar-refractivity contribution in [2.75, 3.05) is 20.2 Å². The lowest BCUT2D eigenvalue weighted by atomic mass is 10.1. The van der Waals surface area contributed by atoms with E-state index in [0.29, 0.717) is 0 Å². The first kappa shape index (κ1) is 18.4. The number of para-hydroxylation sites is 1. The van der Waals surface area contributed by atoms with Gasteiger partial charge >= 0.3 is 0 Å². The van der Waals surface area contributed by atoms with Gasteiger partial charge in [0.05, 0.1) is 13.7 Å². The number of hydrogen-bond acceptors (Lipinski definition) is 4. The van der Waals surface area contributed by atoms with E-state index in [1.807, 2.05) is 20.8 Å². The van der Waals surface area contributed by atoms with Gasteiger partial charge in [0, 0.05) is 12.1 Å². The maximum atomic E-state index is 12.7. The van der Waals surface area contributed by atoms with E-state index >= 15 is 0 Å². The molecule has 1 amide bonds. The molecule has 0 aliphatic heterocycles. The average molecular weight is 328 g/mol. The van der Waals surface area contributed by atoms with Gasteiger partial charge in [0.25, 0.3) is 0 Å². The molecule has 7 heteroatoms. The number of sulfonamides is 1. The Morgan fingerprint density at radius 2 is 1.86 bits per heavy atom. The standard InChI is InChI=1S/C15H24N2O4S/c1-6-17(11-14(18)16-15(2,3)4)22(19,20)13-10-8-7-9-12(13)21-5/h7-10H,6,11H2,1-5H3,(H,16,18). The molecule has 0 spiro atoms. The normalized spacial score (nSPS) is 12.3. The van der Waals surface area contributed by atoms with E-state index in [9.17, 15) is 13.2 Å². The minimum atomic E-state index is -3.80. The average Bonchev–Trinajstić information content (AvgIpc) is 2.42. The Bertz CT molecular complexity index is 621. The van der Waals surface area contributed by atoms with Crippen LogP contribution in [0.4, 0.5) is 0 Å². The minimum absolute atomic E-state index is 0.0582. The summed E-state index contributed by atoms with van der Waals surface area (Å²) in [5.74, 6) is -0.0787. The van der Waals surface area contributed by atoms with E-state index < -0.39 is 15.6 Å². The molecule has 1 aromatic rings. The highest BCUT2D eigenvalue weighted by Crippen LogP contribution is 2.25. The summed E-state index contributed by atoms with van der Waals surface area (Å²) in [6.07, 6.45) is 0. The Labute approximate surface area is 132 Å². The van der Waals surface area contributed by atoms with Crippen LogP contribution in [0.2, 0.25) is 0 Å². The van der Waals surface area contributed by atoms with Gasteiger partial charge in [-0.25, -0.2) is 8.42 Å². The number of rotatable bonds is 6. The van der Waals surface area contributed by atoms with Crippen LogP contribution >= 0.6 is 0 Å². The Morgan fingerprint density at radius 3 is 2.36 bits per heavy atom. The van der Waals surface area contributed by atoms with Crippen molar-refractivity contribution in [1.29, 1.82) is 0 Å². The fourth-order valence-electron chi connectivity index (χ4n) is 1.96. The van der Waals surface area contributed by atoms with Crippen LogP contribution < -0.4 is 10.1 Å². The number of likely N-dealkylation sites (N-methyl/N-ethyl adjacent to an activating group) is 1. The van der Waals surface area contributed by atoms with Gasteiger partial charge in [-0.1, -0.05) is 19.1 Å². The molecular weight excluding hydrogens is 304 g/mol. The first-order valence-corrected chi connectivity index (χ1v) is 8.50. The lowest BCUT2D eigenvalue weighted by molar-refractivity contribution is -0.122. The van der Waals surface area contributed by atoms with Crippen molar-refractivity contribution in [2.45, 2.75) is 38.1 Å². The molecule has 0 saturated carbocycles. The molecule has 0 heterocycles. The molecule has 22 heavy (non-hydrogen) atoms. The first-order valence-electron chi connectivity index (χ1n) is 7.06. The number of amides is 1. The maximum absolute atomic E-state index is 12.7. The molecule has 0 fully saturated rings. The zero-order valence-corrected chi connectivity index (χ0v) is 14.5. The molecule has 124 valence electrons. The molecule has 1 N–H and O–H groups in total. The molecule has 1 aromatic carbocycles. The number of nitrogens with one attached hydrogen (secondary N) is 1. The highest BCUT2D eigenvalue weighted by molar-refractivity contribution is 7.89. The summed E-state index contributed by atoms with van der Waals surface area (Å²) in [5, 5.41) is 2.76. The highest BCUT2D eigenvalue weighted by atomic mass is 32.2. The molecule has 0 atom stereocenters. The number of ether oxygens (including phenoxy) is 1. The van der Waals surface area contributed by atoms with E-state index in [1.165, 1.54) is 13.2 Å². The van der Waals surface area contributed by atoms with Gasteiger partial charge in [0.2, 0.25) is 15.9 Å². The molecule has 1 rings (SSSR count). The fraction of sp³-hybridized carbons (Fsp3) is 0.533. The summed E-state index contributed by atoms with van der Waals surface area (Å²) in [5.41, 5.74) is -0.412. The third kappa shape index (κ3) is 4.71. The molecule has 6 nitrogen and oxygen atoms in total. The molecule has 0 bridgehead atoms. The van der Waals surface area contributed by atoms with Crippen molar-refractivity contribution in [3.8, 4) is 5.75 Å². The van der Waals surface area contributed by atoms with Gasteiger partial charge in [0.1, 0.15) is 10.6 Å². The van der Waals surface area contributed by atoms with Crippen molar-refractivity contribution in [2.24, 2.45) is 0 Å². The molecule has 0 aliphatic rings. The monoisotopic (exact) mass is 328 g/mol. The molecule has 0 aromatic heterocycles. The Hall–Kier alpha value is -1.60. The Morgan fingerprint density at radius 1 is 1.27 bits per heavy atom. The van der Waals surface area contributed by atoms with E-state index in [2.05, 4.69) is 5.32 Å². The lowest BCUT2D eigenvalue weighted by Gasteiger charge is -2.25. The zero-order valence-electron chi connectivity index (χ0n) is 13.7. The number of nitrogens with zero attached hydrogens (tertiary/aromatic N) is 1. The van der Waals surface area contributed by atoms with E-state index in [-0.39, 0.29) is 29.6 Å². The second kappa shape index (κ2) is 7.11. The summed E-state index contributed by atoms with van der Waals surface area (Å²) >= 11 is 0. The van der Waals surface area contributed by atoms with Crippen LogP contribution in [0.25, 0.3) is 0 Å². The number of benzene rings is 1. The van der Waals surface area contributed by atoms with E-state index in [1.54, 1.807) is 25.1 Å². The van der Waals surface area contributed by atoms with Crippen LogP contribution in [0.3, 0.4) is 0 Å². The number of carbonyl (C=O) groups excluding carboxylic acids is 1. The molecule has 0 radical (unpaired) electrons. The van der Waals surface area contributed by atoms with Crippen LogP contribution in [0.5, 0.6) is 5.75 Å². The van der Waals surface area contributed by atoms with Crippen LogP contribution in [0, 0.1) is 0 Å². The van der Waals surface area contributed by atoms with Gasteiger partial charge in [-0.15, -0.1) is 0 Å². The number of carbonyl (C=O) groups is 1. The molecule has 0 saturated heterocycles. The van der Waals surface area contributed by atoms with Gasteiger partial charge in [0.15, 0.2) is 0 Å². The van der Waals surface area contributed by atoms with Crippen molar-refractivity contribution in [3.05, 3.63) is 24.3 Å². The van der Waals surface area contributed by atoms with Crippen LogP contribution in [-0.4, -0.2) is 44.4 Å². The number of hydrogen-bond donors (Lipinski definition) is 1. The van der Waals surface area contributed by atoms with Gasteiger partial charge in [-0.3, -0.25) is 4.79 Å². The second-order valence-corrected chi connectivity index (χ2v) is 7.79. The Kier molecular flexibility index (Phi) is 5.96. The quantitative estimate of drug-likeness (QED) is 0.861. The first-order chi connectivity index (χ1) is 10.1. The van der Waals surface area contributed by atoms with Crippen molar-refractivity contribution < 1.29 is 17.9 Å². The number of methoxy groups -OCH3 is 1. The van der Waals surface area contributed by atoms with E-state index in [4.69, 9.17) is 4.74 Å². The van der Waals surface area contributed by atoms with Gasteiger partial charge in [-0.05, 0) is 32.9 Å². The Balaban J connectivity index is 3.05. The zero-order chi connectivity index (χ0) is 17.0. The molecule has 0 unspecified atom stereocenters. The summed E-state index contributed by atoms with van der Waals surface area (Å²) in [6.45, 7) is 7.19. The van der Waals surface area contributed by atoms with Crippen molar-refractivity contribution in [3.63, 3.8) is 0 Å². The van der Waals surface area contributed by atoms with Crippen LogP contribution in [-0.2, 0) is 14.8 Å². The van der Waals surface area contributed by atoms with Crippen LogP contribution in [0.1, 0.15) is 27.7 Å². The highest BCUT2D eigenvalue weighted by Gasteiger charge is 2.28. The maximum Gasteiger partial charge on any atom is 0.247 e. The summed E-state index contributed by atoms with van der Waals surface area (Å²) in [6, 6.07) is 6.37. The van der Waals surface area contributed by atoms with Crippen molar-refractivity contribution >= 4 is 15.9 Å². The third-order valence-electron chi connectivity index (χ3n) is 2.87. The van der Waals surface area contributed by atoms with Crippen molar-refractivity contribution in [1.82, 2.24) is 9.62 Å². The summed E-state index contributed by atoms with van der Waals surface area (Å²) in [7, 11) is -2.38. The predicted octanol–water partition coefficient (Wildman–Crippen LogP) is 1.62. The molecular formula is C15H24N2O4S. The third-order valence-corrected chi connectivity index (χ3v) is 4.83. The summed E-state index contributed by atoms with van der Waals surface area (Å²) < 4.78 is 31.7. The SMILES string of the molecule is CCN(CC(=O)NC(C)(C)C)S(=O)(=O)c1ccccc1OC.